The van der Waals surface area contributed by atoms with Crippen molar-refractivity contribution < 1.29 is 0 Å². The summed E-state index contributed by atoms with van der Waals surface area (Å²) >= 11 is 8.33. The SMILES string of the molecule is Cc1nc2ccc(-c3[nH]nc4nc(N5C[C@@H]6[C@H](C5)C6(CN)c5ccccn5)cnc34)c(Cl)c2s1. The fourth-order valence-corrected chi connectivity index (χ4v) is 6.96. The number of benzene rings is 1. The van der Waals surface area contributed by atoms with Crippen LogP contribution < -0.4 is 10.6 Å². The van der Waals surface area contributed by atoms with Crippen molar-refractivity contribution in [3.05, 3.63) is 58.4 Å². The molecular formula is C24H21ClN8S. The lowest BCUT2D eigenvalue weighted by Gasteiger charge is -2.26. The van der Waals surface area contributed by atoms with Crippen molar-refractivity contribution in [3.8, 4) is 11.3 Å². The number of H-pyrrole nitrogens is 1. The summed E-state index contributed by atoms with van der Waals surface area (Å²) in [7, 11) is 0. The number of piperidine rings is 1. The van der Waals surface area contributed by atoms with E-state index >= 15 is 0 Å². The molecule has 0 radical (unpaired) electrons. The summed E-state index contributed by atoms with van der Waals surface area (Å²) in [4.78, 5) is 21.0. The first-order chi connectivity index (χ1) is 16.6. The second-order valence-corrected chi connectivity index (χ2v) is 10.7. The highest BCUT2D eigenvalue weighted by Crippen LogP contribution is 2.62. The van der Waals surface area contributed by atoms with Crippen LogP contribution in [0.1, 0.15) is 10.7 Å². The smallest absolute Gasteiger partial charge is 0.202 e. The summed E-state index contributed by atoms with van der Waals surface area (Å²) in [5, 5.41) is 9.20. The summed E-state index contributed by atoms with van der Waals surface area (Å²) in [6.07, 6.45) is 3.69. The maximum atomic E-state index is 6.74. The fourth-order valence-electron chi connectivity index (χ4n) is 5.74. The molecule has 1 saturated heterocycles. The number of aromatic nitrogens is 6. The number of aryl methyl sites for hydroxylation is 1. The summed E-state index contributed by atoms with van der Waals surface area (Å²) < 4.78 is 0.969. The van der Waals surface area contributed by atoms with Gasteiger partial charge in [0.1, 0.15) is 11.3 Å². The second kappa shape index (κ2) is 7.18. The Labute approximate surface area is 204 Å². The third-order valence-corrected chi connectivity index (χ3v) is 8.97. The molecule has 5 aromatic rings. The minimum absolute atomic E-state index is 0.0147. The molecule has 0 amide bonds. The van der Waals surface area contributed by atoms with Crippen molar-refractivity contribution in [1.82, 2.24) is 30.1 Å². The molecule has 2 fully saturated rings. The van der Waals surface area contributed by atoms with Gasteiger partial charge in [0.05, 0.1) is 32.1 Å². The lowest BCUT2D eigenvalue weighted by atomic mass is 9.95. The van der Waals surface area contributed by atoms with Crippen LogP contribution in [0.15, 0.2) is 42.7 Å². The molecule has 3 atom stereocenters. The number of aromatic amines is 1. The van der Waals surface area contributed by atoms with Gasteiger partial charge in [-0.15, -0.1) is 11.3 Å². The Kier molecular flexibility index (Phi) is 4.28. The van der Waals surface area contributed by atoms with Crippen LogP contribution in [-0.4, -0.2) is 49.8 Å². The summed E-state index contributed by atoms with van der Waals surface area (Å²) in [6.45, 7) is 4.38. The predicted molar refractivity (Wildman–Crippen MR) is 134 cm³/mol. The third kappa shape index (κ3) is 2.71. The van der Waals surface area contributed by atoms with E-state index in [1.165, 1.54) is 0 Å². The standard InChI is InChI=1S/C24H21ClN8S/c1-12-29-16-6-5-13(19(25)22(16)34-12)20-21-23(32-31-20)30-18(8-28-21)33-9-14-15(10-33)24(14,11-26)17-4-2-3-7-27-17/h2-8,14-15H,9-11,26H2,1H3,(H,30,31,32)/t14-,15+,24?. The molecule has 1 unspecified atom stereocenters. The number of rotatable bonds is 4. The number of nitrogens with two attached hydrogens (primary N) is 1. The first-order valence-corrected chi connectivity index (χ1v) is 12.4. The molecule has 0 bridgehead atoms. The molecule has 0 spiro atoms. The van der Waals surface area contributed by atoms with Crippen LogP contribution in [0, 0.1) is 18.8 Å². The van der Waals surface area contributed by atoms with Gasteiger partial charge in [-0.3, -0.25) is 10.1 Å². The molecular weight excluding hydrogens is 468 g/mol. The Hall–Kier alpha value is -3.14. The van der Waals surface area contributed by atoms with E-state index < -0.39 is 0 Å². The number of nitrogens with one attached hydrogen (secondary N) is 1. The van der Waals surface area contributed by atoms with Crippen LogP contribution in [0.3, 0.4) is 0 Å². The van der Waals surface area contributed by atoms with Crippen LogP contribution in [-0.2, 0) is 5.41 Å². The summed E-state index contributed by atoms with van der Waals surface area (Å²) in [6, 6.07) is 10.0. The Morgan fingerprint density at radius 2 is 2.03 bits per heavy atom. The van der Waals surface area contributed by atoms with E-state index in [0.29, 0.717) is 34.6 Å². The van der Waals surface area contributed by atoms with Crippen molar-refractivity contribution in [2.24, 2.45) is 17.6 Å². The minimum atomic E-state index is -0.0147. The van der Waals surface area contributed by atoms with Crippen molar-refractivity contribution in [2.45, 2.75) is 12.3 Å². The molecule has 10 heteroatoms. The van der Waals surface area contributed by atoms with E-state index in [-0.39, 0.29) is 5.41 Å². The molecule has 1 aromatic carbocycles. The molecule has 1 saturated carbocycles. The number of fused-ring (bicyclic) bond motifs is 3. The largest absolute Gasteiger partial charge is 0.355 e. The summed E-state index contributed by atoms with van der Waals surface area (Å²) in [5.74, 6) is 1.80. The van der Waals surface area contributed by atoms with Gasteiger partial charge in [0.15, 0.2) is 0 Å². The van der Waals surface area contributed by atoms with Gasteiger partial charge in [-0.1, -0.05) is 17.7 Å². The zero-order chi connectivity index (χ0) is 23.0. The number of nitrogens with zero attached hydrogens (tertiary/aromatic N) is 6. The first kappa shape index (κ1) is 20.3. The highest BCUT2D eigenvalue weighted by molar-refractivity contribution is 7.19. The summed E-state index contributed by atoms with van der Waals surface area (Å²) in [5.41, 5.74) is 11.2. The molecule has 34 heavy (non-hydrogen) atoms. The van der Waals surface area contributed by atoms with Gasteiger partial charge in [0.2, 0.25) is 5.65 Å². The molecule has 1 aliphatic heterocycles. The Morgan fingerprint density at radius 3 is 2.79 bits per heavy atom. The monoisotopic (exact) mass is 488 g/mol. The predicted octanol–water partition coefficient (Wildman–Crippen LogP) is 3.95. The van der Waals surface area contributed by atoms with Crippen LogP contribution >= 0.6 is 22.9 Å². The molecule has 5 heterocycles. The van der Waals surface area contributed by atoms with E-state index in [0.717, 1.165) is 51.1 Å². The molecule has 8 nitrogen and oxygen atoms in total. The van der Waals surface area contributed by atoms with Crippen LogP contribution in [0.2, 0.25) is 5.02 Å². The average molecular weight is 489 g/mol. The van der Waals surface area contributed by atoms with E-state index in [1.807, 2.05) is 43.6 Å². The van der Waals surface area contributed by atoms with Gasteiger partial charge >= 0.3 is 0 Å². The van der Waals surface area contributed by atoms with Gasteiger partial charge in [-0.2, -0.15) is 5.10 Å². The maximum Gasteiger partial charge on any atom is 0.202 e. The number of pyridine rings is 1. The minimum Gasteiger partial charge on any atom is -0.355 e. The zero-order valence-electron chi connectivity index (χ0n) is 18.4. The normalized spacial score (nSPS) is 23.7. The topological polar surface area (TPSA) is 110 Å². The fraction of sp³-hybridized carbons (Fsp3) is 0.292. The van der Waals surface area contributed by atoms with Crippen LogP contribution in [0.4, 0.5) is 5.82 Å². The van der Waals surface area contributed by atoms with Gasteiger partial charge in [-0.25, -0.2) is 15.0 Å². The van der Waals surface area contributed by atoms with Crippen molar-refractivity contribution in [1.29, 1.82) is 0 Å². The number of hydrogen-bond acceptors (Lipinski definition) is 8. The van der Waals surface area contributed by atoms with Gasteiger partial charge < -0.3 is 10.6 Å². The van der Waals surface area contributed by atoms with Crippen LogP contribution in [0.5, 0.6) is 0 Å². The molecule has 2 aliphatic rings. The van der Waals surface area contributed by atoms with E-state index in [4.69, 9.17) is 27.3 Å². The van der Waals surface area contributed by atoms with Crippen molar-refractivity contribution in [2.75, 3.05) is 24.5 Å². The van der Waals surface area contributed by atoms with Gasteiger partial charge in [0, 0.05) is 42.5 Å². The van der Waals surface area contributed by atoms with Gasteiger partial charge in [0.25, 0.3) is 0 Å². The molecule has 7 rings (SSSR count). The average Bonchev–Trinajstić information content (AvgIpc) is 3.31. The quantitative estimate of drug-likeness (QED) is 0.394. The second-order valence-electron chi connectivity index (χ2n) is 9.08. The maximum absolute atomic E-state index is 6.74. The molecule has 4 aromatic heterocycles. The third-order valence-electron chi connectivity index (χ3n) is 7.46. The van der Waals surface area contributed by atoms with Gasteiger partial charge in [-0.05, 0) is 43.0 Å². The molecule has 170 valence electrons. The first-order valence-electron chi connectivity index (χ1n) is 11.2. The van der Waals surface area contributed by atoms with E-state index in [2.05, 4.69) is 31.1 Å². The van der Waals surface area contributed by atoms with Crippen molar-refractivity contribution in [3.63, 3.8) is 0 Å². The molecule has 1 aliphatic carbocycles. The Bertz CT molecular complexity index is 1550. The van der Waals surface area contributed by atoms with Crippen LogP contribution in [0.25, 0.3) is 32.6 Å². The number of thiazole rings is 1. The Morgan fingerprint density at radius 1 is 1.18 bits per heavy atom. The molecule has 3 N–H and O–H groups in total. The van der Waals surface area contributed by atoms with E-state index in [1.54, 1.807) is 11.3 Å². The highest BCUT2D eigenvalue weighted by atomic mass is 35.5. The van der Waals surface area contributed by atoms with E-state index in [9.17, 15) is 0 Å². The lowest BCUT2D eigenvalue weighted by molar-refractivity contribution is 0.538. The highest BCUT2D eigenvalue weighted by Gasteiger charge is 2.69. The number of hydrogen-bond donors (Lipinski definition) is 2. The lowest BCUT2D eigenvalue weighted by Crippen LogP contribution is -2.35. The zero-order valence-corrected chi connectivity index (χ0v) is 19.9. The number of anilines is 1. The van der Waals surface area contributed by atoms with Crippen molar-refractivity contribution >= 4 is 50.1 Å². The number of halogens is 1. The Balaban J connectivity index is 1.19.